The van der Waals surface area contributed by atoms with E-state index >= 15 is 0 Å². The third-order valence-electron chi connectivity index (χ3n) is 2.24. The van der Waals surface area contributed by atoms with Crippen molar-refractivity contribution in [3.63, 3.8) is 0 Å². The van der Waals surface area contributed by atoms with Crippen LogP contribution in [0, 0.1) is 5.92 Å². The van der Waals surface area contributed by atoms with Crippen LogP contribution in [0.15, 0.2) is 0 Å². The third-order valence-corrected chi connectivity index (χ3v) is 2.24. The molecule has 1 saturated heterocycles. The molecule has 0 saturated carbocycles. The van der Waals surface area contributed by atoms with E-state index in [-0.39, 0.29) is 7.05 Å². The Morgan fingerprint density at radius 2 is 2.17 bits per heavy atom. The van der Waals surface area contributed by atoms with Crippen molar-refractivity contribution >= 4 is 7.05 Å². The lowest BCUT2D eigenvalue weighted by Crippen LogP contribution is -2.51. The molecule has 0 bridgehead atoms. The molecule has 1 aliphatic heterocycles. The van der Waals surface area contributed by atoms with Crippen LogP contribution >= 0.6 is 0 Å². The van der Waals surface area contributed by atoms with E-state index in [1.807, 2.05) is 0 Å². The van der Waals surface area contributed by atoms with Crippen molar-refractivity contribution in [3.8, 4) is 0 Å². The van der Waals surface area contributed by atoms with E-state index < -0.39 is 0 Å². The van der Waals surface area contributed by atoms with Gasteiger partial charge in [-0.05, 0) is 31.6 Å². The summed E-state index contributed by atoms with van der Waals surface area (Å²) in [6.07, 6.45) is 2.67. The molecule has 12 heavy (non-hydrogen) atoms. The highest BCUT2D eigenvalue weighted by Crippen LogP contribution is 2.15. The Balaban J connectivity index is 2.34. The Morgan fingerprint density at radius 3 is 2.67 bits per heavy atom. The van der Waals surface area contributed by atoms with Gasteiger partial charge in [-0.2, -0.15) is 0 Å². The minimum atomic E-state index is 0.281. The second-order valence-corrected chi connectivity index (χ2v) is 4.37. The second-order valence-electron chi connectivity index (χ2n) is 4.37. The van der Waals surface area contributed by atoms with Crippen LogP contribution in [0.3, 0.4) is 0 Å². The van der Waals surface area contributed by atoms with E-state index in [2.05, 4.69) is 32.9 Å². The van der Waals surface area contributed by atoms with Crippen LogP contribution in [0.2, 0.25) is 6.32 Å². The van der Waals surface area contributed by atoms with Gasteiger partial charge in [-0.25, -0.2) is 0 Å². The molecule has 1 rings (SSSR count). The Bertz CT molecular complexity index is 128. The first-order chi connectivity index (χ1) is 5.58. The molecular formula is C9H20BNO. The summed E-state index contributed by atoms with van der Waals surface area (Å²) >= 11 is 0. The van der Waals surface area contributed by atoms with Gasteiger partial charge in [0.15, 0.2) is 0 Å². The van der Waals surface area contributed by atoms with Crippen LogP contribution in [-0.2, 0) is 4.65 Å². The number of hydrogen-bond donors (Lipinski definition) is 1. The van der Waals surface area contributed by atoms with E-state index in [1.165, 1.54) is 0 Å². The SMILES string of the molecule is CC(C)CB1NC(C)CC(C)O1. The number of nitrogens with one attached hydrogen (secondary N) is 1. The molecule has 2 nitrogen and oxygen atoms in total. The zero-order valence-electron chi connectivity index (χ0n) is 8.63. The van der Waals surface area contributed by atoms with Crippen LogP contribution in [0.1, 0.15) is 34.1 Å². The molecule has 1 aliphatic rings. The summed E-state index contributed by atoms with van der Waals surface area (Å²) in [5.74, 6) is 0.708. The monoisotopic (exact) mass is 169 g/mol. The molecular weight excluding hydrogens is 149 g/mol. The fourth-order valence-electron chi connectivity index (χ4n) is 1.81. The zero-order chi connectivity index (χ0) is 9.14. The van der Waals surface area contributed by atoms with Crippen molar-refractivity contribution in [3.05, 3.63) is 0 Å². The summed E-state index contributed by atoms with van der Waals surface area (Å²) in [5, 5.41) is 3.46. The predicted molar refractivity (Wildman–Crippen MR) is 53.2 cm³/mol. The number of hydrogen-bond acceptors (Lipinski definition) is 2. The molecule has 70 valence electrons. The van der Waals surface area contributed by atoms with Gasteiger partial charge in [0.2, 0.25) is 0 Å². The van der Waals surface area contributed by atoms with Gasteiger partial charge in [-0.1, -0.05) is 20.8 Å². The van der Waals surface area contributed by atoms with Crippen molar-refractivity contribution in [1.29, 1.82) is 0 Å². The molecule has 1 N–H and O–H groups in total. The van der Waals surface area contributed by atoms with Crippen LogP contribution in [-0.4, -0.2) is 19.2 Å². The van der Waals surface area contributed by atoms with Crippen molar-refractivity contribution < 1.29 is 4.65 Å². The average molecular weight is 169 g/mol. The highest BCUT2D eigenvalue weighted by atomic mass is 16.5. The van der Waals surface area contributed by atoms with E-state index in [0.717, 1.165) is 12.7 Å². The molecule has 0 amide bonds. The Kier molecular flexibility index (Phi) is 3.60. The third kappa shape index (κ3) is 3.15. The van der Waals surface area contributed by atoms with Crippen LogP contribution in [0.4, 0.5) is 0 Å². The van der Waals surface area contributed by atoms with E-state index in [9.17, 15) is 0 Å². The maximum Gasteiger partial charge on any atom is 0.380 e. The number of rotatable bonds is 2. The smallest absolute Gasteiger partial charge is 0.380 e. The summed E-state index contributed by atoms with van der Waals surface area (Å²) in [6, 6.07) is 0.609. The van der Waals surface area contributed by atoms with Crippen LogP contribution < -0.4 is 5.23 Å². The Hall–Kier alpha value is -0.0151. The molecule has 1 heterocycles. The lowest BCUT2D eigenvalue weighted by Gasteiger charge is -2.32. The molecule has 0 spiro atoms. The molecule has 3 heteroatoms. The van der Waals surface area contributed by atoms with E-state index in [0.29, 0.717) is 18.1 Å². The van der Waals surface area contributed by atoms with Gasteiger partial charge in [0, 0.05) is 6.10 Å². The molecule has 0 aliphatic carbocycles. The fraction of sp³-hybridized carbons (Fsp3) is 1.00. The van der Waals surface area contributed by atoms with Gasteiger partial charge >= 0.3 is 7.05 Å². The highest BCUT2D eigenvalue weighted by molar-refractivity contribution is 6.49. The first-order valence-corrected chi connectivity index (χ1v) is 4.99. The molecule has 2 atom stereocenters. The summed E-state index contributed by atoms with van der Waals surface area (Å²) < 4.78 is 5.76. The van der Waals surface area contributed by atoms with Crippen molar-refractivity contribution in [1.82, 2.24) is 5.23 Å². The van der Waals surface area contributed by atoms with Crippen LogP contribution in [0.25, 0.3) is 0 Å². The van der Waals surface area contributed by atoms with Gasteiger partial charge < -0.3 is 9.88 Å². The quantitative estimate of drug-likeness (QED) is 0.637. The van der Waals surface area contributed by atoms with E-state index in [1.54, 1.807) is 0 Å². The maximum atomic E-state index is 5.76. The second kappa shape index (κ2) is 4.29. The van der Waals surface area contributed by atoms with E-state index in [4.69, 9.17) is 4.65 Å². The highest BCUT2D eigenvalue weighted by Gasteiger charge is 2.27. The lowest BCUT2D eigenvalue weighted by molar-refractivity contribution is 0.162. The molecule has 0 aromatic carbocycles. The van der Waals surface area contributed by atoms with Gasteiger partial charge in [-0.3, -0.25) is 0 Å². The maximum absolute atomic E-state index is 5.76. The molecule has 2 unspecified atom stereocenters. The van der Waals surface area contributed by atoms with Crippen molar-refractivity contribution in [2.24, 2.45) is 5.92 Å². The first kappa shape index (κ1) is 10.1. The largest absolute Gasteiger partial charge is 0.419 e. The van der Waals surface area contributed by atoms with Gasteiger partial charge in [0.05, 0.1) is 0 Å². The minimum Gasteiger partial charge on any atom is -0.419 e. The minimum absolute atomic E-state index is 0.281. The Morgan fingerprint density at radius 1 is 1.50 bits per heavy atom. The molecule has 0 aromatic rings. The summed E-state index contributed by atoms with van der Waals surface area (Å²) in [7, 11) is 0.281. The first-order valence-electron chi connectivity index (χ1n) is 4.99. The summed E-state index contributed by atoms with van der Waals surface area (Å²) in [5.41, 5.74) is 0. The normalized spacial score (nSPS) is 31.2. The van der Waals surface area contributed by atoms with Gasteiger partial charge in [-0.15, -0.1) is 0 Å². The fourth-order valence-corrected chi connectivity index (χ4v) is 1.81. The predicted octanol–water partition coefficient (Wildman–Crippen LogP) is 1.92. The van der Waals surface area contributed by atoms with Gasteiger partial charge in [0.1, 0.15) is 0 Å². The average Bonchev–Trinajstić information content (AvgIpc) is 1.81. The summed E-state index contributed by atoms with van der Waals surface area (Å²) in [6.45, 7) is 8.85. The standard InChI is InChI=1S/C9H20BNO/c1-7(2)6-10-11-8(3)5-9(4)12-10/h7-9,11H,5-6H2,1-4H3. The topological polar surface area (TPSA) is 21.3 Å². The van der Waals surface area contributed by atoms with Gasteiger partial charge in [0.25, 0.3) is 0 Å². The molecule has 0 radical (unpaired) electrons. The summed E-state index contributed by atoms with van der Waals surface area (Å²) in [4.78, 5) is 0. The molecule has 0 aromatic heterocycles. The lowest BCUT2D eigenvalue weighted by atomic mass is 9.70. The Labute approximate surface area is 76.2 Å². The van der Waals surface area contributed by atoms with Crippen molar-refractivity contribution in [2.45, 2.75) is 52.6 Å². The van der Waals surface area contributed by atoms with Crippen molar-refractivity contribution in [2.75, 3.05) is 0 Å². The molecule has 1 fully saturated rings. The zero-order valence-corrected chi connectivity index (χ0v) is 8.63. The van der Waals surface area contributed by atoms with Crippen LogP contribution in [0.5, 0.6) is 0 Å².